The van der Waals surface area contributed by atoms with E-state index in [9.17, 15) is 0 Å². The second-order valence-corrected chi connectivity index (χ2v) is 5.77. The summed E-state index contributed by atoms with van der Waals surface area (Å²) in [5.74, 6) is 1.50. The van der Waals surface area contributed by atoms with E-state index in [0.717, 1.165) is 25.3 Å². The van der Waals surface area contributed by atoms with Crippen LogP contribution in [0.3, 0.4) is 0 Å². The third kappa shape index (κ3) is 2.04. The van der Waals surface area contributed by atoms with Crippen molar-refractivity contribution >= 4 is 0 Å². The zero-order valence-corrected chi connectivity index (χ0v) is 11.4. The number of hydrogen-bond donors (Lipinski definition) is 1. The Balaban J connectivity index is 2.09. The fraction of sp³-hybridized carbons (Fsp3) is 0.714. The molecule has 1 aromatic rings. The van der Waals surface area contributed by atoms with Gasteiger partial charge in [-0.25, -0.2) is 9.97 Å². The van der Waals surface area contributed by atoms with Gasteiger partial charge in [0, 0.05) is 38.1 Å². The first kappa shape index (κ1) is 12.1. The van der Waals surface area contributed by atoms with E-state index in [0.29, 0.717) is 5.92 Å². The molecule has 18 heavy (non-hydrogen) atoms. The Kier molecular flexibility index (Phi) is 2.87. The maximum absolute atomic E-state index is 5.53. The Morgan fingerprint density at radius 3 is 2.72 bits per heavy atom. The van der Waals surface area contributed by atoms with Crippen LogP contribution in [0.1, 0.15) is 55.4 Å². The minimum Gasteiger partial charge on any atom is -0.371 e. The largest absolute Gasteiger partial charge is 0.371 e. The highest BCUT2D eigenvalue weighted by Crippen LogP contribution is 2.42. The lowest BCUT2D eigenvalue weighted by Gasteiger charge is -2.26. The molecule has 0 spiro atoms. The van der Waals surface area contributed by atoms with Crippen LogP contribution in [-0.2, 0) is 23.3 Å². The summed E-state index contributed by atoms with van der Waals surface area (Å²) in [5, 5.41) is 3.42. The number of ether oxygens (including phenoxy) is 1. The van der Waals surface area contributed by atoms with Gasteiger partial charge >= 0.3 is 0 Å². The molecule has 2 aliphatic rings. The van der Waals surface area contributed by atoms with Crippen molar-refractivity contribution in [1.82, 2.24) is 15.3 Å². The van der Waals surface area contributed by atoms with Gasteiger partial charge in [-0.05, 0) is 26.7 Å². The van der Waals surface area contributed by atoms with Crippen LogP contribution in [0.15, 0.2) is 0 Å². The van der Waals surface area contributed by atoms with Gasteiger partial charge in [0.15, 0.2) is 5.82 Å². The highest BCUT2D eigenvalue weighted by molar-refractivity contribution is 5.33. The van der Waals surface area contributed by atoms with E-state index in [1.165, 1.54) is 29.8 Å². The van der Waals surface area contributed by atoms with Gasteiger partial charge in [0.05, 0.1) is 11.4 Å². The standard InChI is InChI=1S/C14H21N3O/c1-14(2,18-3)13-16-11-6-7-15-8-10(11)12(17-13)9-4-5-9/h9,15H,4-8H2,1-3H3. The van der Waals surface area contributed by atoms with E-state index in [4.69, 9.17) is 14.7 Å². The molecule has 1 aromatic heterocycles. The highest BCUT2D eigenvalue weighted by atomic mass is 16.5. The van der Waals surface area contributed by atoms with Crippen LogP contribution >= 0.6 is 0 Å². The normalized spacial score (nSPS) is 19.7. The first-order valence-corrected chi connectivity index (χ1v) is 6.78. The lowest BCUT2D eigenvalue weighted by Crippen LogP contribution is -2.30. The second-order valence-electron chi connectivity index (χ2n) is 5.77. The zero-order chi connectivity index (χ0) is 12.8. The number of nitrogens with one attached hydrogen (secondary N) is 1. The van der Waals surface area contributed by atoms with Gasteiger partial charge in [-0.3, -0.25) is 0 Å². The van der Waals surface area contributed by atoms with Gasteiger partial charge in [-0.15, -0.1) is 0 Å². The molecule has 1 fully saturated rings. The van der Waals surface area contributed by atoms with Crippen molar-refractivity contribution in [3.05, 3.63) is 22.8 Å². The van der Waals surface area contributed by atoms with Crippen LogP contribution in [0.5, 0.6) is 0 Å². The number of hydrogen-bond acceptors (Lipinski definition) is 4. The average molecular weight is 247 g/mol. The van der Waals surface area contributed by atoms with Crippen molar-refractivity contribution < 1.29 is 4.74 Å². The van der Waals surface area contributed by atoms with Crippen molar-refractivity contribution in [3.63, 3.8) is 0 Å². The van der Waals surface area contributed by atoms with Crippen molar-refractivity contribution in [2.24, 2.45) is 0 Å². The fourth-order valence-corrected chi connectivity index (χ4v) is 2.42. The van der Waals surface area contributed by atoms with Crippen LogP contribution in [0.2, 0.25) is 0 Å². The molecule has 0 radical (unpaired) electrons. The number of methoxy groups -OCH3 is 1. The summed E-state index contributed by atoms with van der Waals surface area (Å²) >= 11 is 0. The topological polar surface area (TPSA) is 47.0 Å². The van der Waals surface area contributed by atoms with E-state index in [1.54, 1.807) is 7.11 Å². The Hall–Kier alpha value is -1.00. The minimum atomic E-state index is -0.399. The van der Waals surface area contributed by atoms with Crippen LogP contribution in [-0.4, -0.2) is 23.6 Å². The Morgan fingerprint density at radius 2 is 2.06 bits per heavy atom. The molecule has 1 saturated carbocycles. The van der Waals surface area contributed by atoms with Crippen molar-refractivity contribution in [2.75, 3.05) is 13.7 Å². The van der Waals surface area contributed by atoms with Gasteiger partial charge in [-0.2, -0.15) is 0 Å². The molecule has 0 bridgehead atoms. The summed E-state index contributed by atoms with van der Waals surface area (Å²) in [6, 6.07) is 0. The molecule has 0 unspecified atom stereocenters. The molecule has 0 atom stereocenters. The molecular formula is C14H21N3O. The molecule has 0 amide bonds. The maximum Gasteiger partial charge on any atom is 0.160 e. The molecule has 0 aromatic carbocycles. The number of aromatic nitrogens is 2. The first-order chi connectivity index (χ1) is 8.62. The SMILES string of the molecule is COC(C)(C)c1nc2c(c(C3CC3)n1)CNCC2. The Morgan fingerprint density at radius 1 is 1.28 bits per heavy atom. The maximum atomic E-state index is 5.53. The average Bonchev–Trinajstić information content (AvgIpc) is 3.21. The monoisotopic (exact) mass is 247 g/mol. The zero-order valence-electron chi connectivity index (χ0n) is 11.4. The van der Waals surface area contributed by atoms with E-state index >= 15 is 0 Å². The van der Waals surface area contributed by atoms with Gasteiger partial charge < -0.3 is 10.1 Å². The van der Waals surface area contributed by atoms with Crippen molar-refractivity contribution in [1.29, 1.82) is 0 Å². The Labute approximate surface area is 108 Å². The van der Waals surface area contributed by atoms with E-state index in [-0.39, 0.29) is 0 Å². The number of fused-ring (bicyclic) bond motifs is 1. The third-order valence-corrected chi connectivity index (χ3v) is 3.98. The van der Waals surface area contributed by atoms with Gasteiger partial charge in [0.2, 0.25) is 0 Å². The molecular weight excluding hydrogens is 226 g/mol. The molecule has 0 saturated heterocycles. The molecule has 4 heteroatoms. The lowest BCUT2D eigenvalue weighted by molar-refractivity contribution is 0.0110. The molecule has 3 rings (SSSR count). The van der Waals surface area contributed by atoms with Crippen molar-refractivity contribution in [2.45, 2.75) is 51.2 Å². The third-order valence-electron chi connectivity index (χ3n) is 3.98. The summed E-state index contributed by atoms with van der Waals surface area (Å²) in [7, 11) is 1.72. The van der Waals surface area contributed by atoms with E-state index in [1.807, 2.05) is 13.8 Å². The molecule has 98 valence electrons. The molecule has 1 aliphatic heterocycles. The second kappa shape index (κ2) is 4.28. The quantitative estimate of drug-likeness (QED) is 0.886. The van der Waals surface area contributed by atoms with Gasteiger partial charge in [0.25, 0.3) is 0 Å². The lowest BCUT2D eigenvalue weighted by atomic mass is 10.0. The van der Waals surface area contributed by atoms with Gasteiger partial charge in [-0.1, -0.05) is 0 Å². The first-order valence-electron chi connectivity index (χ1n) is 6.78. The smallest absolute Gasteiger partial charge is 0.160 e. The number of rotatable bonds is 3. The van der Waals surface area contributed by atoms with Crippen LogP contribution < -0.4 is 5.32 Å². The summed E-state index contributed by atoms with van der Waals surface area (Å²) < 4.78 is 5.53. The number of nitrogens with zero attached hydrogens (tertiary/aromatic N) is 2. The predicted molar refractivity (Wildman–Crippen MR) is 69.5 cm³/mol. The summed E-state index contributed by atoms with van der Waals surface area (Å²) in [4.78, 5) is 9.56. The predicted octanol–water partition coefficient (Wildman–Crippen LogP) is 1.88. The molecule has 1 aliphatic carbocycles. The minimum absolute atomic E-state index is 0.399. The molecule has 4 nitrogen and oxygen atoms in total. The van der Waals surface area contributed by atoms with Crippen LogP contribution in [0.25, 0.3) is 0 Å². The van der Waals surface area contributed by atoms with E-state index in [2.05, 4.69) is 5.32 Å². The summed E-state index contributed by atoms with van der Waals surface area (Å²) in [6.07, 6.45) is 3.55. The molecule has 1 N–H and O–H groups in total. The Bertz CT molecular complexity index is 466. The summed E-state index contributed by atoms with van der Waals surface area (Å²) in [5.41, 5.74) is 3.45. The van der Waals surface area contributed by atoms with Crippen LogP contribution in [0.4, 0.5) is 0 Å². The van der Waals surface area contributed by atoms with Gasteiger partial charge in [0.1, 0.15) is 5.60 Å². The highest BCUT2D eigenvalue weighted by Gasteiger charge is 2.33. The van der Waals surface area contributed by atoms with E-state index < -0.39 is 5.60 Å². The van der Waals surface area contributed by atoms with Crippen molar-refractivity contribution in [3.8, 4) is 0 Å². The fourth-order valence-electron chi connectivity index (χ4n) is 2.42. The summed E-state index contributed by atoms with van der Waals surface area (Å²) in [6.45, 7) is 6.01. The van der Waals surface area contributed by atoms with Crippen LogP contribution in [0, 0.1) is 0 Å². The molecule has 2 heterocycles.